The molecule has 1 heterocycles. The Bertz CT molecular complexity index is 453. The molecular weight excluding hydrogens is 304 g/mol. The predicted molar refractivity (Wildman–Crippen MR) is 81.5 cm³/mol. The van der Waals surface area contributed by atoms with E-state index in [0.29, 0.717) is 6.04 Å². The van der Waals surface area contributed by atoms with Crippen molar-refractivity contribution in [2.45, 2.75) is 32.2 Å². The van der Waals surface area contributed by atoms with Gasteiger partial charge in [0.2, 0.25) is 0 Å². The molecule has 0 spiro atoms. The van der Waals surface area contributed by atoms with Gasteiger partial charge in [0, 0.05) is 23.1 Å². The Morgan fingerprint density at radius 3 is 2.95 bits per heavy atom. The van der Waals surface area contributed by atoms with Crippen molar-refractivity contribution < 1.29 is 4.79 Å². The van der Waals surface area contributed by atoms with Crippen LogP contribution in [0, 0.1) is 6.92 Å². The molecule has 1 unspecified atom stereocenters. The van der Waals surface area contributed by atoms with Gasteiger partial charge in [-0.25, -0.2) is 0 Å². The lowest BCUT2D eigenvalue weighted by atomic mass is 10.0. The van der Waals surface area contributed by atoms with Crippen LogP contribution in [-0.2, 0) is 0 Å². The number of rotatable bonds is 2. The van der Waals surface area contributed by atoms with Crippen LogP contribution >= 0.6 is 15.9 Å². The first-order valence-electron chi connectivity index (χ1n) is 6.83. The second-order valence-corrected chi connectivity index (χ2v) is 6.13. The van der Waals surface area contributed by atoms with Crippen molar-refractivity contribution in [3.05, 3.63) is 33.8 Å². The van der Waals surface area contributed by atoms with E-state index in [1.165, 1.54) is 0 Å². The zero-order chi connectivity index (χ0) is 13.8. The van der Waals surface area contributed by atoms with E-state index < -0.39 is 0 Å². The highest BCUT2D eigenvalue weighted by Gasteiger charge is 2.23. The molecule has 0 aliphatic carbocycles. The minimum absolute atomic E-state index is 0.130. The van der Waals surface area contributed by atoms with Gasteiger partial charge in [-0.15, -0.1) is 0 Å². The van der Waals surface area contributed by atoms with Crippen molar-refractivity contribution in [1.29, 1.82) is 0 Å². The number of benzene rings is 1. The lowest BCUT2D eigenvalue weighted by Crippen LogP contribution is -2.37. The molecule has 104 valence electrons. The summed E-state index contributed by atoms with van der Waals surface area (Å²) in [6.45, 7) is 4.05. The molecule has 1 N–H and O–H groups in total. The average Bonchev–Trinajstić information content (AvgIpc) is 2.69. The third kappa shape index (κ3) is 3.57. The van der Waals surface area contributed by atoms with Crippen LogP contribution in [0.25, 0.3) is 0 Å². The summed E-state index contributed by atoms with van der Waals surface area (Å²) in [5.41, 5.74) is 1.83. The molecule has 2 rings (SSSR count). The standard InChI is InChI=1S/C15H21BrN2O/c1-11-5-6-12(16)10-14(11)15(19)18(2)13-4-3-8-17-9-7-13/h5-6,10,13,17H,3-4,7-9H2,1-2H3. The normalized spacial score (nSPS) is 19.8. The van der Waals surface area contributed by atoms with Gasteiger partial charge in [0.25, 0.3) is 5.91 Å². The summed E-state index contributed by atoms with van der Waals surface area (Å²) >= 11 is 3.44. The molecule has 1 aliphatic rings. The van der Waals surface area contributed by atoms with Gasteiger partial charge >= 0.3 is 0 Å². The number of amides is 1. The molecule has 1 amide bonds. The SMILES string of the molecule is Cc1ccc(Br)cc1C(=O)N(C)C1CCCNCC1. The fourth-order valence-electron chi connectivity index (χ4n) is 2.57. The lowest BCUT2D eigenvalue weighted by Gasteiger charge is -2.27. The fourth-order valence-corrected chi connectivity index (χ4v) is 2.93. The smallest absolute Gasteiger partial charge is 0.254 e. The molecule has 1 aliphatic heterocycles. The third-order valence-corrected chi connectivity index (χ3v) is 4.34. The van der Waals surface area contributed by atoms with Crippen LogP contribution in [-0.4, -0.2) is 37.0 Å². The molecule has 1 saturated heterocycles. The maximum atomic E-state index is 12.6. The monoisotopic (exact) mass is 324 g/mol. The maximum Gasteiger partial charge on any atom is 0.254 e. The molecule has 4 heteroatoms. The van der Waals surface area contributed by atoms with Gasteiger partial charge in [0.1, 0.15) is 0 Å². The van der Waals surface area contributed by atoms with Crippen LogP contribution in [0.2, 0.25) is 0 Å². The Hall–Kier alpha value is -0.870. The molecule has 1 fully saturated rings. The molecule has 19 heavy (non-hydrogen) atoms. The zero-order valence-corrected chi connectivity index (χ0v) is 13.2. The van der Waals surface area contributed by atoms with Gasteiger partial charge in [0.05, 0.1) is 0 Å². The van der Waals surface area contributed by atoms with E-state index in [2.05, 4.69) is 21.2 Å². The number of hydrogen-bond acceptors (Lipinski definition) is 2. The van der Waals surface area contributed by atoms with Crippen LogP contribution in [0.4, 0.5) is 0 Å². The number of nitrogens with one attached hydrogen (secondary N) is 1. The van der Waals surface area contributed by atoms with E-state index in [1.807, 2.05) is 37.1 Å². The minimum atomic E-state index is 0.130. The molecule has 0 radical (unpaired) electrons. The van der Waals surface area contributed by atoms with Gasteiger partial charge in [-0.3, -0.25) is 4.79 Å². The van der Waals surface area contributed by atoms with E-state index in [4.69, 9.17) is 0 Å². The molecule has 1 atom stereocenters. The highest BCUT2D eigenvalue weighted by molar-refractivity contribution is 9.10. The summed E-state index contributed by atoms with van der Waals surface area (Å²) < 4.78 is 0.956. The number of halogens is 1. The number of carbonyl (C=O) groups excluding carboxylic acids is 1. The lowest BCUT2D eigenvalue weighted by molar-refractivity contribution is 0.0719. The van der Waals surface area contributed by atoms with Gasteiger partial charge in [-0.05, 0) is 57.0 Å². The fraction of sp³-hybridized carbons (Fsp3) is 0.533. The van der Waals surface area contributed by atoms with Gasteiger partial charge in [-0.1, -0.05) is 22.0 Å². The van der Waals surface area contributed by atoms with Crippen molar-refractivity contribution in [1.82, 2.24) is 10.2 Å². The van der Waals surface area contributed by atoms with Crippen molar-refractivity contribution >= 4 is 21.8 Å². The first-order chi connectivity index (χ1) is 9.09. The third-order valence-electron chi connectivity index (χ3n) is 3.84. The van der Waals surface area contributed by atoms with Crippen molar-refractivity contribution in [2.24, 2.45) is 0 Å². The number of nitrogens with zero attached hydrogens (tertiary/aromatic N) is 1. The number of aryl methyl sites for hydroxylation is 1. The predicted octanol–water partition coefficient (Wildman–Crippen LogP) is 2.97. The average molecular weight is 325 g/mol. The van der Waals surface area contributed by atoms with Crippen molar-refractivity contribution in [2.75, 3.05) is 20.1 Å². The highest BCUT2D eigenvalue weighted by atomic mass is 79.9. The molecule has 1 aromatic carbocycles. The van der Waals surface area contributed by atoms with Crippen molar-refractivity contribution in [3.63, 3.8) is 0 Å². The van der Waals surface area contributed by atoms with E-state index in [1.54, 1.807) is 0 Å². The van der Waals surface area contributed by atoms with Gasteiger partial charge in [0.15, 0.2) is 0 Å². The van der Waals surface area contributed by atoms with Crippen LogP contribution in [0.1, 0.15) is 35.2 Å². The van der Waals surface area contributed by atoms with Crippen LogP contribution in [0.5, 0.6) is 0 Å². The van der Waals surface area contributed by atoms with Crippen LogP contribution < -0.4 is 5.32 Å². The number of carbonyl (C=O) groups is 1. The minimum Gasteiger partial charge on any atom is -0.339 e. The molecule has 0 saturated carbocycles. The Kier molecular flexibility index (Phi) is 4.99. The quantitative estimate of drug-likeness (QED) is 0.907. The molecule has 0 bridgehead atoms. The Morgan fingerprint density at radius 2 is 2.16 bits per heavy atom. The number of hydrogen-bond donors (Lipinski definition) is 1. The first kappa shape index (κ1) is 14.5. The topological polar surface area (TPSA) is 32.3 Å². The Morgan fingerprint density at radius 1 is 1.37 bits per heavy atom. The Labute approximate surface area is 123 Å². The second kappa shape index (κ2) is 6.53. The van der Waals surface area contributed by atoms with E-state index in [-0.39, 0.29) is 5.91 Å². The summed E-state index contributed by atoms with van der Waals surface area (Å²) in [6.07, 6.45) is 3.26. The molecular formula is C15H21BrN2O. The van der Waals surface area contributed by atoms with Gasteiger partial charge in [-0.2, -0.15) is 0 Å². The van der Waals surface area contributed by atoms with Crippen LogP contribution in [0.15, 0.2) is 22.7 Å². The molecule has 1 aromatic rings. The van der Waals surface area contributed by atoms with E-state index in [9.17, 15) is 4.79 Å². The largest absolute Gasteiger partial charge is 0.339 e. The first-order valence-corrected chi connectivity index (χ1v) is 7.63. The summed E-state index contributed by atoms with van der Waals surface area (Å²) in [4.78, 5) is 14.5. The second-order valence-electron chi connectivity index (χ2n) is 5.21. The van der Waals surface area contributed by atoms with Gasteiger partial charge < -0.3 is 10.2 Å². The van der Waals surface area contributed by atoms with E-state index >= 15 is 0 Å². The summed E-state index contributed by atoms with van der Waals surface area (Å²) in [5, 5.41) is 3.39. The van der Waals surface area contributed by atoms with E-state index in [0.717, 1.165) is 48.0 Å². The summed E-state index contributed by atoms with van der Waals surface area (Å²) in [7, 11) is 1.93. The Balaban J connectivity index is 2.15. The molecule has 3 nitrogen and oxygen atoms in total. The maximum absolute atomic E-state index is 12.6. The zero-order valence-electron chi connectivity index (χ0n) is 11.6. The molecule has 0 aromatic heterocycles. The van der Waals surface area contributed by atoms with Crippen molar-refractivity contribution in [3.8, 4) is 0 Å². The highest BCUT2D eigenvalue weighted by Crippen LogP contribution is 2.20. The summed E-state index contributed by atoms with van der Waals surface area (Å²) in [6, 6.07) is 6.23. The van der Waals surface area contributed by atoms with Crippen LogP contribution in [0.3, 0.4) is 0 Å². The summed E-state index contributed by atoms with van der Waals surface area (Å²) in [5.74, 6) is 0.130.